The van der Waals surface area contributed by atoms with Gasteiger partial charge in [-0.3, -0.25) is 0 Å². The number of aromatic nitrogens is 1. The van der Waals surface area contributed by atoms with Gasteiger partial charge in [-0.1, -0.05) is 19.0 Å². The van der Waals surface area contributed by atoms with E-state index in [1.807, 2.05) is 37.7 Å². The molecule has 2 rings (SSSR count). The Bertz CT molecular complexity index is 643. The molecule has 0 fully saturated rings. The second kappa shape index (κ2) is 8.06. The van der Waals surface area contributed by atoms with Crippen LogP contribution in [0.15, 0.2) is 39.9 Å². The summed E-state index contributed by atoms with van der Waals surface area (Å²) in [7, 11) is 0. The average molecular weight is 333 g/mol. The maximum absolute atomic E-state index is 12.1. The number of amides is 2. The monoisotopic (exact) mass is 333 g/mol. The molecule has 0 aliphatic carbocycles. The molecule has 1 heterocycles. The summed E-state index contributed by atoms with van der Waals surface area (Å²) in [6, 6.07) is 7.35. The van der Waals surface area contributed by atoms with E-state index < -0.39 is 0 Å². The molecule has 124 valence electrons. The summed E-state index contributed by atoms with van der Waals surface area (Å²) in [6.45, 7) is 8.25. The Morgan fingerprint density at radius 1 is 1.35 bits per heavy atom. The molecule has 2 aromatic rings. The van der Waals surface area contributed by atoms with E-state index in [1.165, 1.54) is 11.2 Å². The molecule has 0 saturated heterocycles. The van der Waals surface area contributed by atoms with Crippen LogP contribution in [0.4, 0.5) is 10.5 Å². The van der Waals surface area contributed by atoms with Crippen LogP contribution in [0.2, 0.25) is 0 Å². The van der Waals surface area contributed by atoms with Crippen LogP contribution in [-0.2, 0) is 0 Å². The first kappa shape index (κ1) is 17.4. The zero-order chi connectivity index (χ0) is 16.8. The molecule has 5 nitrogen and oxygen atoms in total. The minimum atomic E-state index is -0.258. The van der Waals surface area contributed by atoms with Gasteiger partial charge in [0.1, 0.15) is 12.0 Å². The third kappa shape index (κ3) is 5.03. The highest BCUT2D eigenvalue weighted by atomic mass is 32.2. The topological polar surface area (TPSA) is 67.2 Å². The second-order valence-electron chi connectivity index (χ2n) is 5.56. The van der Waals surface area contributed by atoms with Crippen LogP contribution in [0.5, 0.6) is 0 Å². The zero-order valence-electron chi connectivity index (χ0n) is 13.9. The molecule has 2 amide bonds. The first-order valence-electron chi connectivity index (χ1n) is 7.74. The Morgan fingerprint density at radius 3 is 2.74 bits per heavy atom. The number of carbonyl (C=O) groups is 1. The van der Waals surface area contributed by atoms with Gasteiger partial charge in [0.25, 0.3) is 0 Å². The summed E-state index contributed by atoms with van der Waals surface area (Å²) in [6.07, 6.45) is 2.62. The molecule has 2 atom stereocenters. The molecule has 0 saturated carbocycles. The first-order chi connectivity index (χ1) is 11.0. The van der Waals surface area contributed by atoms with Crippen molar-refractivity contribution < 1.29 is 9.32 Å². The van der Waals surface area contributed by atoms with Crippen LogP contribution >= 0.6 is 11.8 Å². The van der Waals surface area contributed by atoms with Crippen molar-refractivity contribution in [3.63, 3.8) is 0 Å². The molecule has 0 bridgehead atoms. The van der Waals surface area contributed by atoms with E-state index in [4.69, 9.17) is 4.52 Å². The fourth-order valence-corrected chi connectivity index (χ4v) is 3.06. The van der Waals surface area contributed by atoms with Crippen molar-refractivity contribution in [2.45, 2.75) is 50.3 Å². The smallest absolute Gasteiger partial charge is 0.319 e. The maximum Gasteiger partial charge on any atom is 0.319 e. The molecule has 23 heavy (non-hydrogen) atoms. The fourth-order valence-electron chi connectivity index (χ4n) is 2.04. The quantitative estimate of drug-likeness (QED) is 0.748. The van der Waals surface area contributed by atoms with Gasteiger partial charge in [-0.15, -0.1) is 11.8 Å². The van der Waals surface area contributed by atoms with Gasteiger partial charge in [0.2, 0.25) is 0 Å². The number of aryl methyl sites for hydroxylation is 1. The van der Waals surface area contributed by atoms with Crippen LogP contribution in [0.1, 0.15) is 44.5 Å². The van der Waals surface area contributed by atoms with Gasteiger partial charge >= 0.3 is 6.03 Å². The number of urea groups is 1. The Kier molecular flexibility index (Phi) is 6.10. The third-order valence-electron chi connectivity index (χ3n) is 3.61. The minimum Gasteiger partial charge on any atom is -0.364 e. The highest BCUT2D eigenvalue weighted by molar-refractivity contribution is 7.99. The van der Waals surface area contributed by atoms with Gasteiger partial charge in [-0.05, 0) is 44.0 Å². The van der Waals surface area contributed by atoms with Crippen LogP contribution in [0, 0.1) is 6.92 Å². The third-order valence-corrected chi connectivity index (χ3v) is 4.87. The zero-order valence-corrected chi connectivity index (χ0v) is 14.7. The molecule has 0 radical (unpaired) electrons. The van der Waals surface area contributed by atoms with Gasteiger partial charge < -0.3 is 15.2 Å². The van der Waals surface area contributed by atoms with Crippen molar-refractivity contribution in [1.29, 1.82) is 0 Å². The number of rotatable bonds is 6. The number of nitrogens with zero attached hydrogens (tertiary/aromatic N) is 1. The van der Waals surface area contributed by atoms with Crippen LogP contribution in [-0.4, -0.2) is 16.4 Å². The molecule has 0 aliphatic rings. The van der Waals surface area contributed by atoms with E-state index in [-0.39, 0.29) is 12.1 Å². The fraction of sp³-hybridized carbons (Fsp3) is 0.412. The summed E-state index contributed by atoms with van der Waals surface area (Å²) in [5, 5.41) is 10.1. The van der Waals surface area contributed by atoms with Gasteiger partial charge in [-0.25, -0.2) is 4.79 Å². The lowest BCUT2D eigenvalue weighted by molar-refractivity contribution is 0.248. The number of hydrogen-bond donors (Lipinski definition) is 2. The SMILES string of the molecule is CC[C@@H](C)Sc1ccc(NC(=O)N[C@H](C)c2ccon2)c(C)c1. The molecule has 2 N–H and O–H groups in total. The number of carbonyl (C=O) groups excluding carboxylic acids is 1. The standard InChI is InChI=1S/C17H23N3O2S/c1-5-12(3)23-14-6-7-15(11(2)10-14)19-17(21)18-13(4)16-8-9-22-20-16/h6-10,12-13H,5H2,1-4H3,(H2,18,19,21)/t12-,13-/m1/s1. The van der Waals surface area contributed by atoms with Crippen molar-refractivity contribution >= 4 is 23.5 Å². The summed E-state index contributed by atoms with van der Waals surface area (Å²) in [5.41, 5.74) is 2.54. The van der Waals surface area contributed by atoms with Crippen molar-refractivity contribution in [2.24, 2.45) is 0 Å². The number of anilines is 1. The Labute approximate surface area is 141 Å². The van der Waals surface area contributed by atoms with Crippen LogP contribution in [0.25, 0.3) is 0 Å². The van der Waals surface area contributed by atoms with E-state index in [2.05, 4.69) is 35.7 Å². The summed E-state index contributed by atoms with van der Waals surface area (Å²) < 4.78 is 4.78. The highest BCUT2D eigenvalue weighted by Gasteiger charge is 2.13. The van der Waals surface area contributed by atoms with E-state index in [9.17, 15) is 4.79 Å². The summed E-state index contributed by atoms with van der Waals surface area (Å²) in [5.74, 6) is 0. The van der Waals surface area contributed by atoms with Gasteiger partial charge in [0, 0.05) is 21.9 Å². The van der Waals surface area contributed by atoms with Gasteiger partial charge in [0.05, 0.1) is 6.04 Å². The van der Waals surface area contributed by atoms with E-state index >= 15 is 0 Å². The second-order valence-corrected chi connectivity index (χ2v) is 7.07. The molecule has 0 aliphatic heterocycles. The number of nitrogens with one attached hydrogen (secondary N) is 2. The molecular weight excluding hydrogens is 310 g/mol. The van der Waals surface area contributed by atoms with Crippen molar-refractivity contribution in [3.05, 3.63) is 41.8 Å². The molecule has 0 unspecified atom stereocenters. The summed E-state index contributed by atoms with van der Waals surface area (Å²) in [4.78, 5) is 13.3. The highest BCUT2D eigenvalue weighted by Crippen LogP contribution is 2.28. The number of hydrogen-bond acceptors (Lipinski definition) is 4. The lowest BCUT2D eigenvalue weighted by Crippen LogP contribution is -2.31. The predicted molar refractivity (Wildman–Crippen MR) is 93.9 cm³/mol. The van der Waals surface area contributed by atoms with Gasteiger partial charge in [-0.2, -0.15) is 0 Å². The Morgan fingerprint density at radius 2 is 2.13 bits per heavy atom. The number of thioether (sulfide) groups is 1. The lowest BCUT2D eigenvalue weighted by atomic mass is 10.2. The molecule has 1 aromatic heterocycles. The Hall–Kier alpha value is -1.95. The molecule has 1 aromatic carbocycles. The minimum absolute atomic E-state index is 0.214. The van der Waals surface area contributed by atoms with E-state index in [0.717, 1.165) is 17.7 Å². The average Bonchev–Trinajstić information content (AvgIpc) is 3.04. The largest absolute Gasteiger partial charge is 0.364 e. The maximum atomic E-state index is 12.1. The van der Waals surface area contributed by atoms with E-state index in [0.29, 0.717) is 10.9 Å². The normalized spacial score (nSPS) is 13.4. The molecular formula is C17H23N3O2S. The summed E-state index contributed by atoms with van der Waals surface area (Å²) >= 11 is 1.85. The van der Waals surface area contributed by atoms with E-state index in [1.54, 1.807) is 6.07 Å². The van der Waals surface area contributed by atoms with Crippen molar-refractivity contribution in [1.82, 2.24) is 10.5 Å². The Balaban J connectivity index is 1.95. The van der Waals surface area contributed by atoms with Gasteiger partial charge in [0.15, 0.2) is 0 Å². The lowest BCUT2D eigenvalue weighted by Gasteiger charge is -2.15. The molecule has 6 heteroatoms. The van der Waals surface area contributed by atoms with Crippen molar-refractivity contribution in [3.8, 4) is 0 Å². The predicted octanol–water partition coefficient (Wildman–Crippen LogP) is 4.76. The van der Waals surface area contributed by atoms with Crippen molar-refractivity contribution in [2.75, 3.05) is 5.32 Å². The van der Waals surface area contributed by atoms with Crippen LogP contribution < -0.4 is 10.6 Å². The van der Waals surface area contributed by atoms with Crippen LogP contribution in [0.3, 0.4) is 0 Å². The number of benzene rings is 1. The molecule has 0 spiro atoms. The first-order valence-corrected chi connectivity index (χ1v) is 8.62.